The summed E-state index contributed by atoms with van der Waals surface area (Å²) in [6, 6.07) is 0. The Morgan fingerprint density at radius 1 is 1.12 bits per heavy atom. The number of methoxy groups -OCH3 is 2. The summed E-state index contributed by atoms with van der Waals surface area (Å²) in [7, 11) is 3.31. The smallest absolute Gasteiger partial charge is 0.227 e. The van der Waals surface area contributed by atoms with Crippen LogP contribution in [0.2, 0.25) is 0 Å². The molecule has 1 amide bonds. The highest BCUT2D eigenvalue weighted by Crippen LogP contribution is 2.28. The van der Waals surface area contributed by atoms with Crippen LogP contribution in [-0.2, 0) is 14.3 Å². The van der Waals surface area contributed by atoms with E-state index in [1.54, 1.807) is 14.2 Å². The Balaban J connectivity index is 2.59. The molecule has 1 aliphatic heterocycles. The first-order valence-electron chi connectivity index (χ1n) is 5.74. The van der Waals surface area contributed by atoms with Gasteiger partial charge in [0.1, 0.15) is 0 Å². The maximum absolute atomic E-state index is 12.1. The summed E-state index contributed by atoms with van der Waals surface area (Å²) >= 11 is 0. The second-order valence-electron chi connectivity index (χ2n) is 5.36. The Morgan fingerprint density at radius 3 is 1.88 bits per heavy atom. The van der Waals surface area contributed by atoms with Gasteiger partial charge in [0, 0.05) is 45.6 Å². The summed E-state index contributed by atoms with van der Waals surface area (Å²) in [5.41, 5.74) is -0.305. The van der Waals surface area contributed by atoms with Crippen LogP contribution in [0.5, 0.6) is 0 Å². The van der Waals surface area contributed by atoms with Crippen molar-refractivity contribution in [3.8, 4) is 0 Å². The fourth-order valence-electron chi connectivity index (χ4n) is 2.02. The van der Waals surface area contributed by atoms with Gasteiger partial charge >= 0.3 is 0 Å². The number of rotatable bonds is 2. The Hall–Kier alpha value is -0.610. The molecular formula is C12H23NO3. The monoisotopic (exact) mass is 229 g/mol. The first-order chi connectivity index (χ1) is 7.34. The van der Waals surface area contributed by atoms with Crippen LogP contribution < -0.4 is 0 Å². The molecule has 0 spiro atoms. The zero-order valence-corrected chi connectivity index (χ0v) is 11.0. The van der Waals surface area contributed by atoms with E-state index in [4.69, 9.17) is 9.47 Å². The van der Waals surface area contributed by atoms with Gasteiger partial charge in [-0.1, -0.05) is 20.8 Å². The van der Waals surface area contributed by atoms with Gasteiger partial charge in [-0.3, -0.25) is 4.79 Å². The van der Waals surface area contributed by atoms with Crippen molar-refractivity contribution in [2.24, 2.45) is 5.41 Å². The molecule has 4 heteroatoms. The van der Waals surface area contributed by atoms with Crippen LogP contribution in [0.15, 0.2) is 0 Å². The number of hydrogen-bond donors (Lipinski definition) is 0. The Bertz CT molecular complexity index is 243. The molecule has 1 heterocycles. The number of carbonyl (C=O) groups is 1. The lowest BCUT2D eigenvalue weighted by Gasteiger charge is -2.41. The van der Waals surface area contributed by atoms with Crippen LogP contribution in [0.25, 0.3) is 0 Å². The molecule has 0 aromatic heterocycles. The van der Waals surface area contributed by atoms with E-state index >= 15 is 0 Å². The third-order valence-electron chi connectivity index (χ3n) is 3.20. The van der Waals surface area contributed by atoms with Crippen molar-refractivity contribution < 1.29 is 14.3 Å². The van der Waals surface area contributed by atoms with Gasteiger partial charge in [-0.25, -0.2) is 0 Å². The maximum atomic E-state index is 12.1. The molecule has 0 saturated carbocycles. The average molecular weight is 229 g/mol. The number of likely N-dealkylation sites (tertiary alicyclic amines) is 1. The van der Waals surface area contributed by atoms with Gasteiger partial charge in [0.15, 0.2) is 5.79 Å². The van der Waals surface area contributed by atoms with E-state index in [1.165, 1.54) is 0 Å². The molecule has 0 aromatic rings. The fraction of sp³-hybridized carbons (Fsp3) is 0.917. The molecule has 0 radical (unpaired) electrons. The quantitative estimate of drug-likeness (QED) is 0.676. The van der Waals surface area contributed by atoms with E-state index in [9.17, 15) is 4.79 Å². The molecule has 1 saturated heterocycles. The zero-order chi connectivity index (χ0) is 12.4. The van der Waals surface area contributed by atoms with E-state index in [0.29, 0.717) is 13.1 Å². The topological polar surface area (TPSA) is 38.8 Å². The standard InChI is InChI=1S/C12H23NO3/c1-11(2,3)10(14)13-8-6-12(15-4,16-5)7-9-13/h6-9H2,1-5H3. The summed E-state index contributed by atoms with van der Waals surface area (Å²) in [6.07, 6.45) is 1.48. The highest BCUT2D eigenvalue weighted by atomic mass is 16.7. The zero-order valence-electron chi connectivity index (χ0n) is 11.0. The molecule has 0 atom stereocenters. The van der Waals surface area contributed by atoms with Crippen molar-refractivity contribution in [3.63, 3.8) is 0 Å². The molecule has 0 bridgehead atoms. The van der Waals surface area contributed by atoms with Crippen LogP contribution in [0, 0.1) is 5.41 Å². The van der Waals surface area contributed by atoms with E-state index in [1.807, 2.05) is 25.7 Å². The Labute approximate surface area is 97.9 Å². The van der Waals surface area contributed by atoms with Crippen LogP contribution in [0.4, 0.5) is 0 Å². The molecule has 0 aliphatic carbocycles. The minimum absolute atomic E-state index is 0.202. The first-order valence-corrected chi connectivity index (χ1v) is 5.74. The third kappa shape index (κ3) is 2.74. The van der Waals surface area contributed by atoms with Gasteiger partial charge in [0.25, 0.3) is 0 Å². The van der Waals surface area contributed by atoms with Crippen molar-refractivity contribution in [2.75, 3.05) is 27.3 Å². The van der Waals surface area contributed by atoms with Crippen molar-refractivity contribution in [3.05, 3.63) is 0 Å². The second kappa shape index (κ2) is 4.72. The normalized spacial score (nSPS) is 20.9. The molecule has 1 rings (SSSR count). The highest BCUT2D eigenvalue weighted by Gasteiger charge is 2.38. The second-order valence-corrected chi connectivity index (χ2v) is 5.36. The van der Waals surface area contributed by atoms with Gasteiger partial charge in [0.2, 0.25) is 5.91 Å². The predicted octanol–water partition coefficient (Wildman–Crippen LogP) is 1.64. The number of carbonyl (C=O) groups excluding carboxylic acids is 1. The van der Waals surface area contributed by atoms with Gasteiger partial charge in [0.05, 0.1) is 0 Å². The van der Waals surface area contributed by atoms with Crippen molar-refractivity contribution in [2.45, 2.75) is 39.4 Å². The first kappa shape index (κ1) is 13.5. The molecule has 0 aromatic carbocycles. The van der Waals surface area contributed by atoms with Crippen LogP contribution in [0.1, 0.15) is 33.6 Å². The third-order valence-corrected chi connectivity index (χ3v) is 3.20. The van der Waals surface area contributed by atoms with Crippen LogP contribution in [0.3, 0.4) is 0 Å². The summed E-state index contributed by atoms with van der Waals surface area (Å²) in [5.74, 6) is -0.289. The number of nitrogens with zero attached hydrogens (tertiary/aromatic N) is 1. The summed E-state index contributed by atoms with van der Waals surface area (Å²) in [6.45, 7) is 7.26. The van der Waals surface area contributed by atoms with Gasteiger partial charge in [-0.05, 0) is 0 Å². The summed E-state index contributed by atoms with van der Waals surface area (Å²) in [5, 5.41) is 0. The highest BCUT2D eigenvalue weighted by molar-refractivity contribution is 5.81. The minimum Gasteiger partial charge on any atom is -0.353 e. The van der Waals surface area contributed by atoms with E-state index < -0.39 is 5.79 Å². The molecule has 0 N–H and O–H groups in total. The maximum Gasteiger partial charge on any atom is 0.227 e. The lowest BCUT2D eigenvalue weighted by atomic mass is 9.92. The molecule has 4 nitrogen and oxygen atoms in total. The van der Waals surface area contributed by atoms with Crippen molar-refractivity contribution in [1.82, 2.24) is 4.90 Å². The van der Waals surface area contributed by atoms with Gasteiger partial charge in [-0.15, -0.1) is 0 Å². The number of amides is 1. The van der Waals surface area contributed by atoms with E-state index in [2.05, 4.69) is 0 Å². The molecule has 0 unspecified atom stereocenters. The average Bonchev–Trinajstić information content (AvgIpc) is 2.27. The van der Waals surface area contributed by atoms with Crippen LogP contribution in [-0.4, -0.2) is 43.9 Å². The van der Waals surface area contributed by atoms with E-state index in [0.717, 1.165) is 12.8 Å². The fourth-order valence-corrected chi connectivity index (χ4v) is 2.02. The minimum atomic E-state index is -0.491. The van der Waals surface area contributed by atoms with Crippen molar-refractivity contribution >= 4 is 5.91 Å². The Kier molecular flexibility index (Phi) is 3.97. The molecule has 1 fully saturated rings. The summed E-state index contributed by atoms with van der Waals surface area (Å²) < 4.78 is 10.8. The lowest BCUT2D eigenvalue weighted by molar-refractivity contribution is -0.229. The molecule has 94 valence electrons. The van der Waals surface area contributed by atoms with Crippen molar-refractivity contribution in [1.29, 1.82) is 0 Å². The SMILES string of the molecule is COC1(OC)CCN(C(=O)C(C)(C)C)CC1. The lowest BCUT2D eigenvalue weighted by Crippen LogP contribution is -2.51. The number of piperidine rings is 1. The van der Waals surface area contributed by atoms with E-state index in [-0.39, 0.29) is 11.3 Å². The number of ether oxygens (including phenoxy) is 2. The predicted molar refractivity (Wildman–Crippen MR) is 62.0 cm³/mol. The largest absolute Gasteiger partial charge is 0.353 e. The molecule has 1 aliphatic rings. The summed E-state index contributed by atoms with van der Waals surface area (Å²) in [4.78, 5) is 14.0. The van der Waals surface area contributed by atoms with Gasteiger partial charge < -0.3 is 14.4 Å². The Morgan fingerprint density at radius 2 is 1.56 bits per heavy atom. The molecule has 16 heavy (non-hydrogen) atoms. The van der Waals surface area contributed by atoms with Gasteiger partial charge in [-0.2, -0.15) is 0 Å². The molecular weight excluding hydrogens is 206 g/mol. The number of hydrogen-bond acceptors (Lipinski definition) is 3. The van der Waals surface area contributed by atoms with Crippen LogP contribution >= 0.6 is 0 Å².